The Morgan fingerprint density at radius 3 is 2.56 bits per heavy atom. The lowest BCUT2D eigenvalue weighted by Gasteiger charge is -2.38. The average molecular weight is 268 g/mol. The van der Waals surface area contributed by atoms with Crippen molar-refractivity contribution in [2.75, 3.05) is 25.1 Å². The molecule has 0 radical (unpaired) electrons. The third kappa shape index (κ3) is 2.35. The molecule has 1 spiro atoms. The van der Waals surface area contributed by atoms with E-state index in [0.717, 1.165) is 49.8 Å². The summed E-state index contributed by atoms with van der Waals surface area (Å²) in [7, 11) is 0. The van der Waals surface area contributed by atoms with Crippen molar-refractivity contribution in [1.82, 2.24) is 0 Å². The van der Waals surface area contributed by atoms with Crippen molar-refractivity contribution >= 4 is 17.3 Å². The van der Waals surface area contributed by atoms with Crippen LogP contribution in [0.2, 0.25) is 5.02 Å². The molecule has 4 heteroatoms. The molecule has 3 nitrogen and oxygen atoms in total. The fourth-order valence-electron chi connectivity index (χ4n) is 2.90. The minimum absolute atomic E-state index is 0.0299. The number of rotatable bonds is 2. The zero-order chi connectivity index (χ0) is 12.4. The molecule has 1 aromatic carbocycles. The van der Waals surface area contributed by atoms with Gasteiger partial charge in [-0.05, 0) is 30.7 Å². The van der Waals surface area contributed by atoms with Crippen molar-refractivity contribution in [2.45, 2.75) is 30.9 Å². The first-order chi connectivity index (χ1) is 8.78. The largest absolute Gasteiger partial charge is 0.381 e. The maximum atomic E-state index is 6.02. The lowest BCUT2D eigenvalue weighted by molar-refractivity contribution is -0.0815. The van der Waals surface area contributed by atoms with Gasteiger partial charge in [0.15, 0.2) is 0 Å². The first kappa shape index (κ1) is 12.3. The third-order valence-electron chi connectivity index (χ3n) is 3.96. The van der Waals surface area contributed by atoms with Crippen molar-refractivity contribution in [3.8, 4) is 0 Å². The van der Waals surface area contributed by atoms with Crippen LogP contribution in [0.3, 0.4) is 0 Å². The zero-order valence-electron chi connectivity index (χ0n) is 10.3. The van der Waals surface area contributed by atoms with Crippen LogP contribution in [0, 0.1) is 0 Å². The number of hydrogen-bond acceptors (Lipinski definition) is 3. The van der Waals surface area contributed by atoms with Gasteiger partial charge in [-0.1, -0.05) is 11.6 Å². The lowest BCUT2D eigenvalue weighted by Crippen LogP contribution is -2.47. The van der Waals surface area contributed by atoms with E-state index >= 15 is 0 Å². The minimum atomic E-state index is -0.0299. The monoisotopic (exact) mass is 267 g/mol. The Balaban J connectivity index is 1.73. The van der Waals surface area contributed by atoms with Crippen molar-refractivity contribution in [2.24, 2.45) is 0 Å². The van der Waals surface area contributed by atoms with E-state index < -0.39 is 0 Å². The molecule has 1 N–H and O–H groups in total. The summed E-state index contributed by atoms with van der Waals surface area (Å²) in [6.45, 7) is 2.45. The van der Waals surface area contributed by atoms with Crippen LogP contribution in [0.4, 0.5) is 5.69 Å². The number of hydrogen-bond donors (Lipinski definition) is 1. The van der Waals surface area contributed by atoms with Crippen LogP contribution >= 0.6 is 11.6 Å². The van der Waals surface area contributed by atoms with E-state index in [2.05, 4.69) is 5.32 Å². The number of anilines is 1. The van der Waals surface area contributed by atoms with Crippen LogP contribution in [-0.2, 0) is 9.47 Å². The summed E-state index contributed by atoms with van der Waals surface area (Å²) in [5.41, 5.74) is 1.08. The maximum Gasteiger partial charge on any atom is 0.0927 e. The highest BCUT2D eigenvalue weighted by Crippen LogP contribution is 2.37. The fourth-order valence-corrected chi connectivity index (χ4v) is 3.03. The molecule has 2 heterocycles. The Kier molecular flexibility index (Phi) is 3.46. The summed E-state index contributed by atoms with van der Waals surface area (Å²) in [4.78, 5) is 0. The Morgan fingerprint density at radius 2 is 1.83 bits per heavy atom. The normalized spacial score (nSPS) is 26.4. The molecule has 0 aromatic heterocycles. The van der Waals surface area contributed by atoms with E-state index in [1.807, 2.05) is 24.3 Å². The van der Waals surface area contributed by atoms with E-state index in [0.29, 0.717) is 6.04 Å². The molecule has 1 atom stereocenters. The summed E-state index contributed by atoms with van der Waals surface area (Å²) in [5, 5.41) is 4.36. The quantitative estimate of drug-likeness (QED) is 0.893. The first-order valence-corrected chi connectivity index (χ1v) is 6.90. The van der Waals surface area contributed by atoms with Gasteiger partial charge in [0.2, 0.25) is 0 Å². The average Bonchev–Trinajstić information content (AvgIpc) is 2.76. The number of benzene rings is 1. The molecule has 18 heavy (non-hydrogen) atoms. The molecule has 1 unspecified atom stereocenters. The molecular formula is C14H18ClNO2. The molecule has 0 aliphatic carbocycles. The van der Waals surface area contributed by atoms with E-state index in [4.69, 9.17) is 21.1 Å². The fraction of sp³-hybridized carbons (Fsp3) is 0.571. The van der Waals surface area contributed by atoms with E-state index in [1.165, 1.54) is 0 Å². The van der Waals surface area contributed by atoms with Crippen LogP contribution in [0.5, 0.6) is 0 Å². The molecule has 2 aliphatic rings. The Hall–Kier alpha value is -0.770. The number of nitrogens with one attached hydrogen (secondary N) is 1. The molecule has 2 aliphatic heterocycles. The zero-order valence-corrected chi connectivity index (χ0v) is 11.1. The third-order valence-corrected chi connectivity index (χ3v) is 4.21. The summed E-state index contributed by atoms with van der Waals surface area (Å²) in [6, 6.07) is 8.25. The molecule has 1 aromatic rings. The Bertz CT molecular complexity index is 401. The molecule has 98 valence electrons. The molecule has 2 saturated heterocycles. The first-order valence-electron chi connectivity index (χ1n) is 6.52. The highest BCUT2D eigenvalue weighted by atomic mass is 35.5. The maximum absolute atomic E-state index is 6.02. The molecule has 2 fully saturated rings. The van der Waals surface area contributed by atoms with Gasteiger partial charge in [0.05, 0.1) is 11.6 Å². The smallest absolute Gasteiger partial charge is 0.0927 e. The summed E-state index contributed by atoms with van der Waals surface area (Å²) in [6.07, 6.45) is 3.03. The molecule has 0 saturated carbocycles. The second kappa shape index (κ2) is 5.08. The summed E-state index contributed by atoms with van der Waals surface area (Å²) < 4.78 is 11.5. The second-order valence-corrected chi connectivity index (χ2v) is 5.45. The van der Waals surface area contributed by atoms with Crippen LogP contribution < -0.4 is 5.32 Å². The molecule has 0 bridgehead atoms. The van der Waals surface area contributed by atoms with E-state index in [-0.39, 0.29) is 5.60 Å². The van der Waals surface area contributed by atoms with Crippen LogP contribution in [0.1, 0.15) is 19.3 Å². The Labute approximate surface area is 112 Å². The van der Waals surface area contributed by atoms with Crippen LogP contribution in [-0.4, -0.2) is 31.5 Å². The Morgan fingerprint density at radius 1 is 1.11 bits per heavy atom. The van der Waals surface area contributed by atoms with Crippen molar-refractivity contribution in [1.29, 1.82) is 0 Å². The predicted molar refractivity (Wildman–Crippen MR) is 72.2 cm³/mol. The van der Waals surface area contributed by atoms with E-state index in [1.54, 1.807) is 0 Å². The van der Waals surface area contributed by atoms with Crippen molar-refractivity contribution in [3.63, 3.8) is 0 Å². The van der Waals surface area contributed by atoms with Gasteiger partial charge in [0.1, 0.15) is 0 Å². The lowest BCUT2D eigenvalue weighted by atomic mass is 9.86. The highest BCUT2D eigenvalue weighted by molar-refractivity contribution is 6.30. The SMILES string of the molecule is Clc1ccc(NC2CCOC23CCOCC3)cc1. The van der Waals surface area contributed by atoms with E-state index in [9.17, 15) is 0 Å². The summed E-state index contributed by atoms with van der Waals surface area (Å²) >= 11 is 5.90. The van der Waals surface area contributed by atoms with Crippen molar-refractivity contribution in [3.05, 3.63) is 29.3 Å². The second-order valence-electron chi connectivity index (χ2n) is 5.02. The predicted octanol–water partition coefficient (Wildman–Crippen LogP) is 3.09. The minimum Gasteiger partial charge on any atom is -0.381 e. The van der Waals surface area contributed by atoms with Gasteiger partial charge in [-0.2, -0.15) is 0 Å². The van der Waals surface area contributed by atoms with Crippen molar-refractivity contribution < 1.29 is 9.47 Å². The molecular weight excluding hydrogens is 250 g/mol. The number of ether oxygens (including phenoxy) is 2. The van der Waals surface area contributed by atoms with Gasteiger partial charge in [-0.25, -0.2) is 0 Å². The van der Waals surface area contributed by atoms with Gasteiger partial charge < -0.3 is 14.8 Å². The molecule has 0 amide bonds. The van der Waals surface area contributed by atoms with Gasteiger partial charge in [-0.15, -0.1) is 0 Å². The van der Waals surface area contributed by atoms with Gasteiger partial charge in [0, 0.05) is 43.4 Å². The summed E-state index contributed by atoms with van der Waals surface area (Å²) in [5.74, 6) is 0. The topological polar surface area (TPSA) is 30.5 Å². The van der Waals surface area contributed by atoms with Crippen LogP contribution in [0.25, 0.3) is 0 Å². The van der Waals surface area contributed by atoms with Gasteiger partial charge in [0.25, 0.3) is 0 Å². The number of halogens is 1. The van der Waals surface area contributed by atoms with Crippen LogP contribution in [0.15, 0.2) is 24.3 Å². The highest BCUT2D eigenvalue weighted by Gasteiger charge is 2.45. The molecule has 3 rings (SSSR count). The van der Waals surface area contributed by atoms with Gasteiger partial charge in [-0.3, -0.25) is 0 Å². The standard InChI is InChI=1S/C14H18ClNO2/c15-11-1-3-12(4-2-11)16-13-5-8-18-14(13)6-9-17-10-7-14/h1-4,13,16H,5-10H2. The van der Waals surface area contributed by atoms with Gasteiger partial charge >= 0.3 is 0 Å².